The molecule has 6 aromatic rings. The highest BCUT2D eigenvalue weighted by Crippen LogP contribution is 2.43. The van der Waals surface area contributed by atoms with E-state index in [1.54, 1.807) is 0 Å². The number of nitrogens with zero attached hydrogens (tertiary/aromatic N) is 2. The summed E-state index contributed by atoms with van der Waals surface area (Å²) < 4.78 is 4.91. The summed E-state index contributed by atoms with van der Waals surface area (Å²) in [5.41, 5.74) is 11.0. The zero-order chi connectivity index (χ0) is 21.7. The zero-order valence-corrected chi connectivity index (χ0v) is 19.4. The highest BCUT2D eigenvalue weighted by Gasteiger charge is 2.26. The quantitative estimate of drug-likeness (QED) is 0.150. The highest BCUT2D eigenvalue weighted by atomic mass is 15.0. The largest absolute Gasteiger partial charge is 0.303 e. The Balaban J connectivity index is 1.80. The maximum absolute atomic E-state index is 2.58. The lowest BCUT2D eigenvalue weighted by atomic mass is 9.93. The molecule has 3 heterocycles. The van der Waals surface area contributed by atoms with Gasteiger partial charge < -0.3 is 4.40 Å². The van der Waals surface area contributed by atoms with Gasteiger partial charge in [-0.1, -0.05) is 37.1 Å². The summed E-state index contributed by atoms with van der Waals surface area (Å²) in [5, 5.41) is 6.91. The number of hydrogen-bond acceptors (Lipinski definition) is 0. The number of aromatic nitrogens is 2. The Morgan fingerprint density at radius 1 is 0.844 bits per heavy atom. The van der Waals surface area contributed by atoms with Gasteiger partial charge in [0.25, 0.3) is 0 Å². The monoisotopic (exact) mass is 417 g/mol. The third-order valence-corrected chi connectivity index (χ3v) is 8.26. The Bertz CT molecular complexity index is 1710. The van der Waals surface area contributed by atoms with Gasteiger partial charge in [0.05, 0.1) is 16.4 Å². The van der Waals surface area contributed by atoms with Gasteiger partial charge in [0.2, 0.25) is 5.52 Å². The maximum Gasteiger partial charge on any atom is 0.238 e. The molecule has 0 atom stereocenters. The van der Waals surface area contributed by atoms with Crippen molar-refractivity contribution in [3.05, 3.63) is 70.9 Å². The van der Waals surface area contributed by atoms with Gasteiger partial charge in [0, 0.05) is 22.2 Å². The van der Waals surface area contributed by atoms with E-state index >= 15 is 0 Å². The molecule has 158 valence electrons. The predicted molar refractivity (Wildman–Crippen MR) is 135 cm³/mol. The number of hydrogen-bond donors (Lipinski definition) is 0. The molecule has 0 bridgehead atoms. The van der Waals surface area contributed by atoms with Crippen LogP contribution in [0, 0.1) is 20.8 Å². The van der Waals surface area contributed by atoms with Gasteiger partial charge in [-0.05, 0) is 79.3 Å². The van der Waals surface area contributed by atoms with E-state index in [0.29, 0.717) is 0 Å². The molecule has 0 radical (unpaired) electrons. The Hall–Kier alpha value is -3.13. The summed E-state index contributed by atoms with van der Waals surface area (Å²) in [7, 11) is 2.20. The first-order chi connectivity index (χ1) is 15.5. The molecule has 32 heavy (non-hydrogen) atoms. The van der Waals surface area contributed by atoms with Gasteiger partial charge in [-0.3, -0.25) is 0 Å². The molecule has 7 rings (SSSR count). The van der Waals surface area contributed by atoms with Crippen molar-refractivity contribution >= 4 is 49.0 Å². The average Bonchev–Trinajstić information content (AvgIpc) is 3.41. The standard InChI is InChI=1S/C30H29N2/c1-17-13-22-15-18(2)19(3)27-28(22)26(14-17)32-25-16-21(20-7-5-6-8-20)9-10-23(25)24-11-12-31(4)30(27)29(24)32/h9-16,20H,5-8H2,1-4H3/q+1. The average molecular weight is 418 g/mol. The van der Waals surface area contributed by atoms with Crippen LogP contribution in [0.2, 0.25) is 0 Å². The summed E-state index contributed by atoms with van der Waals surface area (Å²) in [6.45, 7) is 6.78. The predicted octanol–water partition coefficient (Wildman–Crippen LogP) is 7.40. The van der Waals surface area contributed by atoms with Crippen LogP contribution in [0.25, 0.3) is 49.0 Å². The molecule has 0 amide bonds. The first-order valence-corrected chi connectivity index (χ1v) is 12.0. The number of rotatable bonds is 1. The fraction of sp³-hybridized carbons (Fsp3) is 0.300. The lowest BCUT2D eigenvalue weighted by Gasteiger charge is -2.16. The van der Waals surface area contributed by atoms with Crippen molar-refractivity contribution in [2.24, 2.45) is 7.05 Å². The van der Waals surface area contributed by atoms with Crippen LogP contribution in [0.3, 0.4) is 0 Å². The molecule has 1 saturated carbocycles. The summed E-state index contributed by atoms with van der Waals surface area (Å²) >= 11 is 0. The normalized spacial score (nSPS) is 15.5. The van der Waals surface area contributed by atoms with Crippen molar-refractivity contribution in [1.29, 1.82) is 0 Å². The molecular weight excluding hydrogens is 388 g/mol. The fourth-order valence-corrected chi connectivity index (χ4v) is 6.60. The molecule has 1 aliphatic rings. The van der Waals surface area contributed by atoms with Crippen LogP contribution in [0.1, 0.15) is 53.9 Å². The van der Waals surface area contributed by atoms with Crippen molar-refractivity contribution in [3.63, 3.8) is 0 Å². The number of fused-ring (bicyclic) bond motifs is 5. The molecule has 1 fully saturated rings. The van der Waals surface area contributed by atoms with E-state index in [1.165, 1.54) is 96.9 Å². The zero-order valence-electron chi connectivity index (χ0n) is 19.4. The van der Waals surface area contributed by atoms with Gasteiger partial charge in [-0.25, -0.2) is 0 Å². The topological polar surface area (TPSA) is 8.29 Å². The first-order valence-electron chi connectivity index (χ1n) is 12.0. The van der Waals surface area contributed by atoms with Gasteiger partial charge in [-0.2, -0.15) is 4.57 Å². The molecular formula is C30H29N2+. The second kappa shape index (κ2) is 6.22. The van der Waals surface area contributed by atoms with Crippen molar-refractivity contribution in [2.45, 2.75) is 52.4 Å². The molecule has 0 aliphatic heterocycles. The number of pyridine rings is 2. The molecule has 2 heteroatoms. The van der Waals surface area contributed by atoms with Crippen LogP contribution in [0.5, 0.6) is 0 Å². The number of benzene rings is 3. The SMILES string of the molecule is Cc1cc2cc(C)c(C)c3c2c(c1)n1c2cc(C4CCCC4)ccc2c2cc[n+](C)c3c21. The summed E-state index contributed by atoms with van der Waals surface area (Å²) in [6.07, 6.45) is 7.66. The first kappa shape index (κ1) is 18.4. The third kappa shape index (κ3) is 2.23. The van der Waals surface area contributed by atoms with E-state index in [9.17, 15) is 0 Å². The molecule has 0 spiro atoms. The van der Waals surface area contributed by atoms with Gasteiger partial charge in [0.1, 0.15) is 12.6 Å². The minimum Gasteiger partial charge on any atom is -0.303 e. The van der Waals surface area contributed by atoms with E-state index in [2.05, 4.69) is 85.4 Å². The van der Waals surface area contributed by atoms with Crippen LogP contribution in [-0.4, -0.2) is 4.40 Å². The Kier molecular flexibility index (Phi) is 3.59. The van der Waals surface area contributed by atoms with Crippen LogP contribution < -0.4 is 4.57 Å². The minimum absolute atomic E-state index is 0.721. The molecule has 3 aromatic carbocycles. The third-order valence-electron chi connectivity index (χ3n) is 8.26. The Morgan fingerprint density at radius 3 is 2.47 bits per heavy atom. The number of aryl methyl sites for hydroxylation is 4. The van der Waals surface area contributed by atoms with Crippen molar-refractivity contribution in [1.82, 2.24) is 4.40 Å². The lowest BCUT2D eigenvalue weighted by molar-refractivity contribution is -0.644. The molecule has 0 unspecified atom stereocenters. The van der Waals surface area contributed by atoms with Gasteiger partial charge in [0.15, 0.2) is 6.20 Å². The molecule has 3 aromatic heterocycles. The van der Waals surface area contributed by atoms with Crippen LogP contribution >= 0.6 is 0 Å². The fourth-order valence-electron chi connectivity index (χ4n) is 6.60. The van der Waals surface area contributed by atoms with E-state index in [-0.39, 0.29) is 0 Å². The lowest BCUT2D eigenvalue weighted by Crippen LogP contribution is -2.29. The maximum atomic E-state index is 2.58. The second-order valence-electron chi connectivity index (χ2n) is 10.2. The van der Waals surface area contributed by atoms with E-state index in [1.807, 2.05) is 0 Å². The van der Waals surface area contributed by atoms with Crippen LogP contribution in [0.15, 0.2) is 48.7 Å². The van der Waals surface area contributed by atoms with Gasteiger partial charge >= 0.3 is 0 Å². The Morgan fingerprint density at radius 2 is 1.66 bits per heavy atom. The second-order valence-corrected chi connectivity index (χ2v) is 10.2. The van der Waals surface area contributed by atoms with Crippen molar-refractivity contribution < 1.29 is 4.57 Å². The molecule has 0 saturated heterocycles. The van der Waals surface area contributed by atoms with Crippen molar-refractivity contribution in [2.75, 3.05) is 0 Å². The summed E-state index contributed by atoms with van der Waals surface area (Å²) in [5.74, 6) is 0.721. The van der Waals surface area contributed by atoms with E-state index < -0.39 is 0 Å². The van der Waals surface area contributed by atoms with E-state index in [0.717, 1.165) is 5.92 Å². The summed E-state index contributed by atoms with van der Waals surface area (Å²) in [6, 6.07) is 16.8. The summed E-state index contributed by atoms with van der Waals surface area (Å²) in [4.78, 5) is 0. The van der Waals surface area contributed by atoms with Gasteiger partial charge in [-0.15, -0.1) is 0 Å². The molecule has 1 aliphatic carbocycles. The molecule has 2 nitrogen and oxygen atoms in total. The van der Waals surface area contributed by atoms with E-state index in [4.69, 9.17) is 0 Å². The minimum atomic E-state index is 0.721. The van der Waals surface area contributed by atoms with Crippen LogP contribution in [0.4, 0.5) is 0 Å². The Labute approximate surface area is 188 Å². The van der Waals surface area contributed by atoms with Crippen molar-refractivity contribution in [3.8, 4) is 0 Å². The molecule has 0 N–H and O–H groups in total. The smallest absolute Gasteiger partial charge is 0.238 e. The highest BCUT2D eigenvalue weighted by molar-refractivity contribution is 6.26. The van der Waals surface area contributed by atoms with Crippen LogP contribution in [-0.2, 0) is 7.05 Å².